The molecule has 1 aromatic heterocycles. The van der Waals surface area contributed by atoms with Gasteiger partial charge in [-0.25, -0.2) is 0 Å². The third-order valence-corrected chi connectivity index (χ3v) is 10.2. The number of methoxy groups -OCH3 is 1. The summed E-state index contributed by atoms with van der Waals surface area (Å²) in [5.41, 5.74) is 11.2. The summed E-state index contributed by atoms with van der Waals surface area (Å²) in [6.45, 7) is 17.0. The van der Waals surface area contributed by atoms with E-state index in [1.807, 2.05) is 32.0 Å². The second-order valence-corrected chi connectivity index (χ2v) is 19.5. The van der Waals surface area contributed by atoms with Crippen molar-refractivity contribution in [2.45, 2.75) is 110 Å². The third kappa shape index (κ3) is 8.38. The van der Waals surface area contributed by atoms with E-state index in [1.54, 1.807) is 7.11 Å². The van der Waals surface area contributed by atoms with E-state index in [4.69, 9.17) is 14.2 Å². The second-order valence-electron chi connectivity index (χ2n) is 13.9. The number of benzene rings is 1. The zero-order valence-corrected chi connectivity index (χ0v) is 27.9. The Labute approximate surface area is 252 Å². The smallest absolute Gasteiger partial charge is 0.309 e. The van der Waals surface area contributed by atoms with Gasteiger partial charge in [0.05, 0.1) is 17.5 Å². The molecule has 42 heavy (non-hydrogen) atoms. The van der Waals surface area contributed by atoms with Crippen molar-refractivity contribution < 1.29 is 24.1 Å². The van der Waals surface area contributed by atoms with E-state index in [9.17, 15) is 15.4 Å². The maximum Gasteiger partial charge on any atom is 0.309 e. The van der Waals surface area contributed by atoms with Gasteiger partial charge in [0.15, 0.2) is 0 Å². The minimum absolute atomic E-state index is 0.0900. The van der Waals surface area contributed by atoms with Crippen molar-refractivity contribution in [3.05, 3.63) is 46.0 Å². The summed E-state index contributed by atoms with van der Waals surface area (Å²) in [5, 5.41) is 17.4. The number of hydrogen-bond donors (Lipinski definition) is 1. The van der Waals surface area contributed by atoms with Crippen LogP contribution in [0.3, 0.4) is 0 Å². The van der Waals surface area contributed by atoms with Crippen molar-refractivity contribution in [3.63, 3.8) is 0 Å². The highest BCUT2D eigenvalue weighted by Crippen LogP contribution is 2.45. The SMILES string of the molecule is COCCCc1cn(COCC[Si](C)(C)C)c2ccc([C@@H](O)[C@](CCC(C)C)(N=[N+]=[N-])C3CC(C(C)C)C(=O)O3)cc12. The monoisotopic (exact) mass is 600 g/mol. The number of nitrogens with zero attached hydrogens (tertiary/aromatic N) is 4. The molecule has 1 aromatic carbocycles. The number of aliphatic hydroxyl groups is 1. The molecular formula is C32H52N4O5Si. The number of azide groups is 1. The highest BCUT2D eigenvalue weighted by atomic mass is 28.3. The number of aryl methyl sites for hydroxylation is 1. The van der Waals surface area contributed by atoms with Gasteiger partial charge in [-0.2, -0.15) is 0 Å². The van der Waals surface area contributed by atoms with Gasteiger partial charge in [-0.15, -0.1) is 0 Å². The molecule has 10 heteroatoms. The van der Waals surface area contributed by atoms with E-state index in [1.165, 1.54) is 0 Å². The molecule has 2 unspecified atom stereocenters. The van der Waals surface area contributed by atoms with Crippen LogP contribution in [0.15, 0.2) is 29.5 Å². The van der Waals surface area contributed by atoms with Gasteiger partial charge in [-0.05, 0) is 72.4 Å². The number of rotatable bonds is 17. The van der Waals surface area contributed by atoms with Crippen LogP contribution in [-0.2, 0) is 32.2 Å². The standard InChI is InChI=1S/C32H52N4O5Si/c1-22(2)13-14-32(34-35-33,29-19-26(23(3)4)31(38)41-29)30(37)24-11-12-28-27(18-24)25(10-9-15-39-5)20-36(28)21-40-16-17-42(6,7)8/h11-12,18,20,22-23,26,29-30,37H,9-10,13-17,19,21H2,1-8H3/t26?,29?,30-,32-/m1/s1. The average molecular weight is 601 g/mol. The summed E-state index contributed by atoms with van der Waals surface area (Å²) < 4.78 is 19.4. The van der Waals surface area contributed by atoms with Crippen molar-refractivity contribution in [1.82, 2.24) is 4.57 Å². The molecule has 1 fully saturated rings. The molecule has 1 aliphatic rings. The lowest BCUT2D eigenvalue weighted by atomic mass is 9.75. The number of carbonyl (C=O) groups excluding carboxylic acids is 1. The summed E-state index contributed by atoms with van der Waals surface area (Å²) in [6.07, 6.45) is 3.50. The fourth-order valence-electron chi connectivity index (χ4n) is 5.80. The number of aromatic nitrogens is 1. The van der Waals surface area contributed by atoms with Gasteiger partial charge in [0.2, 0.25) is 0 Å². The van der Waals surface area contributed by atoms with Crippen molar-refractivity contribution in [1.29, 1.82) is 0 Å². The van der Waals surface area contributed by atoms with E-state index in [0.29, 0.717) is 44.1 Å². The first-order chi connectivity index (χ1) is 19.8. The van der Waals surface area contributed by atoms with E-state index >= 15 is 0 Å². The highest BCUT2D eigenvalue weighted by molar-refractivity contribution is 6.76. The van der Waals surface area contributed by atoms with Crippen molar-refractivity contribution in [2.24, 2.45) is 22.9 Å². The molecule has 4 atom stereocenters. The largest absolute Gasteiger partial charge is 0.461 e. The van der Waals surface area contributed by atoms with Crippen molar-refractivity contribution in [2.75, 3.05) is 20.3 Å². The zero-order valence-electron chi connectivity index (χ0n) is 26.9. The lowest BCUT2D eigenvalue weighted by Crippen LogP contribution is -2.46. The van der Waals surface area contributed by atoms with Crippen LogP contribution < -0.4 is 0 Å². The first-order valence-corrected chi connectivity index (χ1v) is 19.2. The molecule has 1 saturated heterocycles. The van der Waals surface area contributed by atoms with Crippen LogP contribution in [0.2, 0.25) is 25.7 Å². The van der Waals surface area contributed by atoms with Crippen LogP contribution in [0.5, 0.6) is 0 Å². The summed E-state index contributed by atoms with van der Waals surface area (Å²) >= 11 is 0. The third-order valence-electron chi connectivity index (χ3n) is 8.54. The number of fused-ring (bicyclic) bond motifs is 1. The quantitative estimate of drug-likeness (QED) is 0.0500. The molecule has 1 N–H and O–H groups in total. The first-order valence-electron chi connectivity index (χ1n) is 15.5. The van der Waals surface area contributed by atoms with Gasteiger partial charge in [0.25, 0.3) is 0 Å². The first kappa shape index (κ1) is 34.1. The maximum atomic E-state index is 12.8. The Kier molecular flexibility index (Phi) is 12.1. The maximum absolute atomic E-state index is 12.8. The Balaban J connectivity index is 2.03. The van der Waals surface area contributed by atoms with Gasteiger partial charge >= 0.3 is 5.97 Å². The predicted molar refractivity (Wildman–Crippen MR) is 170 cm³/mol. The number of aliphatic hydroxyl groups excluding tert-OH is 1. The molecule has 9 nitrogen and oxygen atoms in total. The zero-order chi connectivity index (χ0) is 31.1. The van der Waals surface area contributed by atoms with Crippen molar-refractivity contribution in [3.8, 4) is 0 Å². The molecule has 2 aromatic rings. The van der Waals surface area contributed by atoms with E-state index in [2.05, 4.69) is 54.3 Å². The van der Waals surface area contributed by atoms with E-state index in [-0.39, 0.29) is 17.8 Å². The Morgan fingerprint density at radius 1 is 1.24 bits per heavy atom. The highest BCUT2D eigenvalue weighted by Gasteiger charge is 2.52. The van der Waals surface area contributed by atoms with Crippen LogP contribution in [0.1, 0.15) is 70.6 Å². The van der Waals surface area contributed by atoms with Gasteiger partial charge in [0.1, 0.15) is 18.4 Å². The molecule has 0 saturated carbocycles. The lowest BCUT2D eigenvalue weighted by molar-refractivity contribution is -0.149. The fourth-order valence-corrected chi connectivity index (χ4v) is 6.56. The molecular weight excluding hydrogens is 548 g/mol. The van der Waals surface area contributed by atoms with E-state index < -0.39 is 25.8 Å². The molecule has 0 amide bonds. The second kappa shape index (κ2) is 14.9. The number of esters is 1. The molecule has 0 aliphatic carbocycles. The molecule has 2 heterocycles. The van der Waals surface area contributed by atoms with Gasteiger partial charge in [-0.1, -0.05) is 64.9 Å². The average Bonchev–Trinajstić information content (AvgIpc) is 3.48. The molecule has 234 valence electrons. The lowest BCUT2D eigenvalue weighted by Gasteiger charge is -2.38. The predicted octanol–water partition coefficient (Wildman–Crippen LogP) is 7.64. The number of cyclic esters (lactones) is 1. The summed E-state index contributed by atoms with van der Waals surface area (Å²) in [7, 11) is 0.512. The minimum atomic E-state index is -1.31. The number of carbonyl (C=O) groups is 1. The van der Waals surface area contributed by atoms with Gasteiger partial charge in [-0.3, -0.25) is 4.79 Å². The van der Waals surface area contributed by atoms with Crippen molar-refractivity contribution >= 4 is 24.9 Å². The van der Waals surface area contributed by atoms with Crippen LogP contribution in [0, 0.1) is 17.8 Å². The minimum Gasteiger partial charge on any atom is -0.461 e. The van der Waals surface area contributed by atoms with Crippen LogP contribution in [0.4, 0.5) is 0 Å². The number of hydrogen-bond acceptors (Lipinski definition) is 6. The summed E-state index contributed by atoms with van der Waals surface area (Å²) in [4.78, 5) is 16.0. The Morgan fingerprint density at radius 3 is 2.57 bits per heavy atom. The van der Waals surface area contributed by atoms with Crippen LogP contribution in [0.25, 0.3) is 21.3 Å². The Bertz CT molecular complexity index is 1230. The van der Waals surface area contributed by atoms with E-state index in [0.717, 1.165) is 42.0 Å². The summed E-state index contributed by atoms with van der Waals surface area (Å²) in [6, 6.07) is 7.02. The molecule has 0 radical (unpaired) electrons. The topological polar surface area (TPSA) is 119 Å². The fraction of sp³-hybridized carbons (Fsp3) is 0.719. The summed E-state index contributed by atoms with van der Waals surface area (Å²) in [5.74, 6) is -0.175. The van der Waals surface area contributed by atoms with Crippen LogP contribution >= 0.6 is 0 Å². The van der Waals surface area contributed by atoms with Crippen LogP contribution in [-0.4, -0.2) is 55.7 Å². The normalized spacial score (nSPS) is 19.7. The molecule has 1 aliphatic heterocycles. The Hall–Kier alpha value is -2.36. The number of ether oxygens (including phenoxy) is 3. The molecule has 0 spiro atoms. The van der Waals surface area contributed by atoms with Gasteiger partial charge < -0.3 is 23.9 Å². The van der Waals surface area contributed by atoms with Gasteiger partial charge in [0, 0.05) is 44.9 Å². The molecule has 0 bridgehead atoms. The Morgan fingerprint density at radius 2 is 1.98 bits per heavy atom. The molecule has 3 rings (SSSR count).